The van der Waals surface area contributed by atoms with E-state index in [1.165, 1.54) is 23.1 Å². The zero-order valence-corrected chi connectivity index (χ0v) is 15.6. The third-order valence-electron chi connectivity index (χ3n) is 4.23. The van der Waals surface area contributed by atoms with Crippen LogP contribution >= 0.6 is 23.5 Å². The molecule has 0 spiro atoms. The molecule has 2 unspecified atom stereocenters. The summed E-state index contributed by atoms with van der Waals surface area (Å²) >= 11 is 2.52. The van der Waals surface area contributed by atoms with Crippen LogP contribution in [-0.2, 0) is 9.59 Å². The smallest absolute Gasteiger partial charge is 0.315 e. The van der Waals surface area contributed by atoms with Gasteiger partial charge in [0.2, 0.25) is 12.3 Å². The number of aromatic nitrogens is 2. The van der Waals surface area contributed by atoms with Crippen LogP contribution in [0.1, 0.15) is 13.3 Å². The minimum Gasteiger partial charge on any atom is -0.481 e. The number of carboxylic acid groups (broad SMARTS) is 1. The first-order valence-electron chi connectivity index (χ1n) is 8.05. The van der Waals surface area contributed by atoms with Gasteiger partial charge in [-0.25, -0.2) is 4.79 Å². The maximum atomic E-state index is 12.4. The van der Waals surface area contributed by atoms with Crippen molar-refractivity contribution in [1.82, 2.24) is 25.7 Å². The molecule has 2 fully saturated rings. The molecule has 12 heteroatoms. The number of carboxylic acids is 1. The van der Waals surface area contributed by atoms with Gasteiger partial charge in [0.05, 0.1) is 0 Å². The molecule has 3 rings (SSSR count). The summed E-state index contributed by atoms with van der Waals surface area (Å²) in [6.07, 6.45) is 1.98. The van der Waals surface area contributed by atoms with Crippen LogP contribution in [0.25, 0.3) is 0 Å². The van der Waals surface area contributed by atoms with Crippen molar-refractivity contribution in [1.29, 1.82) is 0 Å². The Hall–Kier alpha value is -1.95. The first-order chi connectivity index (χ1) is 12.5. The number of nitrogens with zero attached hydrogens (tertiary/aromatic N) is 3. The van der Waals surface area contributed by atoms with E-state index in [1.807, 2.05) is 6.92 Å². The Morgan fingerprint density at radius 2 is 2.38 bits per heavy atom. The number of fused-ring (bicyclic) bond motifs is 1. The van der Waals surface area contributed by atoms with Crippen molar-refractivity contribution in [3.63, 3.8) is 0 Å². The van der Waals surface area contributed by atoms with Crippen molar-refractivity contribution in [2.45, 2.75) is 30.0 Å². The molecule has 0 bridgehead atoms. The van der Waals surface area contributed by atoms with Crippen molar-refractivity contribution >= 4 is 41.4 Å². The van der Waals surface area contributed by atoms with Crippen LogP contribution in [0, 0.1) is 5.41 Å². The predicted octanol–water partition coefficient (Wildman–Crippen LogP) is 0.226. The molecule has 26 heavy (non-hydrogen) atoms. The van der Waals surface area contributed by atoms with E-state index in [-0.39, 0.29) is 29.6 Å². The first kappa shape index (κ1) is 18.8. The Morgan fingerprint density at radius 1 is 1.58 bits per heavy atom. The van der Waals surface area contributed by atoms with Crippen LogP contribution in [-0.4, -0.2) is 74.1 Å². The van der Waals surface area contributed by atoms with E-state index >= 15 is 0 Å². The van der Waals surface area contributed by atoms with Gasteiger partial charge in [0.15, 0.2) is 0 Å². The summed E-state index contributed by atoms with van der Waals surface area (Å²) in [6, 6.07) is -1.00. The lowest BCUT2D eigenvalue weighted by Gasteiger charge is -2.53. The van der Waals surface area contributed by atoms with Gasteiger partial charge in [-0.2, -0.15) is 0 Å². The lowest BCUT2D eigenvalue weighted by atomic mass is 9.89. The first-order valence-corrected chi connectivity index (χ1v) is 10.1. The van der Waals surface area contributed by atoms with Crippen molar-refractivity contribution in [2.24, 2.45) is 5.41 Å². The molecule has 3 heterocycles. The van der Waals surface area contributed by atoms with Gasteiger partial charge in [-0.3, -0.25) is 9.59 Å². The normalized spacial score (nSPS) is 27.4. The lowest BCUT2D eigenvalue weighted by molar-refractivity contribution is -0.156. The molecule has 2 aliphatic heterocycles. The molecular formula is C14H19N5O5S2. The van der Waals surface area contributed by atoms with Gasteiger partial charge >= 0.3 is 12.0 Å². The van der Waals surface area contributed by atoms with Crippen molar-refractivity contribution < 1.29 is 23.9 Å². The van der Waals surface area contributed by atoms with Crippen molar-refractivity contribution in [3.05, 3.63) is 6.39 Å². The summed E-state index contributed by atoms with van der Waals surface area (Å²) in [7, 11) is 0. The zero-order valence-electron chi connectivity index (χ0n) is 14.0. The fraction of sp³-hybridized carbons (Fsp3) is 0.643. The Balaban J connectivity index is 1.60. The molecule has 1 aromatic heterocycles. The van der Waals surface area contributed by atoms with Gasteiger partial charge in [-0.1, -0.05) is 18.7 Å². The number of urea groups is 1. The van der Waals surface area contributed by atoms with E-state index < -0.39 is 17.4 Å². The monoisotopic (exact) mass is 401 g/mol. The largest absolute Gasteiger partial charge is 0.481 e. The molecule has 0 saturated carbocycles. The van der Waals surface area contributed by atoms with Crippen LogP contribution in [0.3, 0.4) is 0 Å². The molecule has 3 atom stereocenters. The maximum Gasteiger partial charge on any atom is 0.315 e. The van der Waals surface area contributed by atoms with Gasteiger partial charge in [0.25, 0.3) is 5.22 Å². The highest BCUT2D eigenvalue weighted by atomic mass is 32.2. The third-order valence-corrected chi connectivity index (χ3v) is 6.94. The molecule has 2 saturated heterocycles. The number of carbonyl (C=O) groups is 3. The Labute approximate surface area is 157 Å². The topological polar surface area (TPSA) is 138 Å². The summed E-state index contributed by atoms with van der Waals surface area (Å²) in [5.41, 5.74) is -1.11. The number of rotatable bonds is 7. The highest BCUT2D eigenvalue weighted by molar-refractivity contribution is 8.00. The molecule has 3 amide bonds. The predicted molar refractivity (Wildman–Crippen MR) is 93.7 cm³/mol. The minimum absolute atomic E-state index is 0.0920. The van der Waals surface area contributed by atoms with Gasteiger partial charge in [-0.05, 0) is 6.42 Å². The molecule has 10 nitrogen and oxygen atoms in total. The number of nitrogens with one attached hydrogen (secondary N) is 2. The zero-order chi connectivity index (χ0) is 18.7. The van der Waals surface area contributed by atoms with E-state index in [1.54, 1.807) is 0 Å². The Kier molecular flexibility index (Phi) is 5.61. The SMILES string of the molecule is CCCNC(=O)NC1C(=O)N2CC(CSc3nnco3)(C(=O)O)CS[C@H]12. The highest BCUT2D eigenvalue weighted by Gasteiger charge is 2.57. The second-order valence-corrected chi connectivity index (χ2v) is 8.16. The summed E-state index contributed by atoms with van der Waals surface area (Å²) in [4.78, 5) is 37.6. The van der Waals surface area contributed by atoms with Crippen LogP contribution < -0.4 is 10.6 Å². The number of carbonyl (C=O) groups excluding carboxylic acids is 2. The van der Waals surface area contributed by atoms with E-state index in [0.717, 1.165) is 18.2 Å². The van der Waals surface area contributed by atoms with Crippen molar-refractivity contribution in [3.8, 4) is 0 Å². The summed E-state index contributed by atoms with van der Waals surface area (Å²) in [5, 5.41) is 22.4. The number of hydrogen-bond donors (Lipinski definition) is 3. The highest BCUT2D eigenvalue weighted by Crippen LogP contribution is 2.44. The number of hydrogen-bond acceptors (Lipinski definition) is 8. The summed E-state index contributed by atoms with van der Waals surface area (Å²) in [5.74, 6) is -0.696. The standard InChI is InChI=1S/C14H19N5O5S2/c1-2-3-15-12(23)17-8-9(20)19-4-14(11(21)22,5-25-10(8)19)6-26-13-18-16-7-24-13/h7-8,10H,2-6H2,1H3,(H,21,22)(H2,15,17,23)/t8?,10-,14?/m1/s1. The molecule has 1 aromatic rings. The number of aliphatic carboxylic acids is 1. The molecular weight excluding hydrogens is 382 g/mol. The summed E-state index contributed by atoms with van der Waals surface area (Å²) < 4.78 is 5.03. The lowest BCUT2D eigenvalue weighted by Crippen LogP contribution is -2.74. The van der Waals surface area contributed by atoms with Crippen molar-refractivity contribution in [2.75, 3.05) is 24.6 Å². The van der Waals surface area contributed by atoms with Crippen LogP contribution in [0.5, 0.6) is 0 Å². The fourth-order valence-electron chi connectivity index (χ4n) is 2.76. The average molecular weight is 401 g/mol. The second kappa shape index (κ2) is 7.74. The third kappa shape index (κ3) is 3.61. The van der Waals surface area contributed by atoms with Gasteiger partial charge in [0, 0.05) is 24.6 Å². The van der Waals surface area contributed by atoms with Crippen LogP contribution in [0.15, 0.2) is 16.0 Å². The van der Waals surface area contributed by atoms with Gasteiger partial charge in [-0.15, -0.1) is 22.0 Å². The molecule has 0 aromatic carbocycles. The minimum atomic E-state index is -1.11. The van der Waals surface area contributed by atoms with E-state index in [2.05, 4.69) is 20.8 Å². The van der Waals surface area contributed by atoms with E-state index in [9.17, 15) is 19.5 Å². The molecule has 0 aliphatic carbocycles. The fourth-order valence-corrected chi connectivity index (χ4v) is 5.37. The summed E-state index contributed by atoms with van der Waals surface area (Å²) in [6.45, 7) is 2.56. The van der Waals surface area contributed by atoms with Gasteiger partial charge < -0.3 is 25.1 Å². The molecule has 142 valence electrons. The van der Waals surface area contributed by atoms with E-state index in [0.29, 0.717) is 17.5 Å². The molecule has 0 radical (unpaired) electrons. The quantitative estimate of drug-likeness (QED) is 0.433. The van der Waals surface area contributed by atoms with Crippen LogP contribution in [0.4, 0.5) is 4.79 Å². The Bertz CT molecular complexity index is 687. The molecule has 3 N–H and O–H groups in total. The number of amides is 3. The second-order valence-electron chi connectivity index (χ2n) is 6.12. The maximum absolute atomic E-state index is 12.4. The molecule has 2 aliphatic rings. The number of thioether (sulfide) groups is 2. The van der Waals surface area contributed by atoms with Gasteiger partial charge in [0.1, 0.15) is 16.8 Å². The average Bonchev–Trinajstić information content (AvgIpc) is 3.16. The van der Waals surface area contributed by atoms with Crippen LogP contribution in [0.2, 0.25) is 0 Å². The van der Waals surface area contributed by atoms with E-state index in [4.69, 9.17) is 4.42 Å². The number of β-lactam (4-membered cyclic amide) rings is 1. The Morgan fingerprint density at radius 3 is 3.04 bits per heavy atom.